The van der Waals surface area contributed by atoms with Gasteiger partial charge in [-0.15, -0.1) is 0 Å². The van der Waals surface area contributed by atoms with Crippen molar-refractivity contribution in [1.82, 2.24) is 5.32 Å². The number of rotatable bonds is 45. The lowest BCUT2D eigenvalue weighted by Gasteiger charge is -2.18. The quantitative estimate of drug-likeness (QED) is 0.0200. The number of phosphoric acid groups is 1. The van der Waals surface area contributed by atoms with Crippen molar-refractivity contribution in [3.63, 3.8) is 0 Å². The number of carboxylic acids is 1. The molecule has 0 aliphatic rings. The van der Waals surface area contributed by atoms with Gasteiger partial charge in [-0.3, -0.25) is 18.6 Å². The predicted molar refractivity (Wildman–Crippen MR) is 236 cm³/mol. The van der Waals surface area contributed by atoms with Crippen molar-refractivity contribution in [2.45, 2.75) is 244 Å². The van der Waals surface area contributed by atoms with Gasteiger partial charge in [-0.25, -0.2) is 9.36 Å². The van der Waals surface area contributed by atoms with Crippen LogP contribution in [0.2, 0.25) is 0 Å². The van der Waals surface area contributed by atoms with Gasteiger partial charge in [-0.05, 0) is 32.1 Å². The normalized spacial score (nSPS) is 13.7. The molecule has 0 aliphatic carbocycles. The number of phosphoric ester groups is 1. The Morgan fingerprint density at radius 3 is 1.36 bits per heavy atom. The van der Waals surface area contributed by atoms with Crippen LogP contribution >= 0.6 is 7.82 Å². The van der Waals surface area contributed by atoms with E-state index in [2.05, 4.69) is 31.3 Å². The summed E-state index contributed by atoms with van der Waals surface area (Å²) >= 11 is 0. The average molecular weight is 846 g/mol. The lowest BCUT2D eigenvalue weighted by atomic mass is 10.0. The van der Waals surface area contributed by atoms with Gasteiger partial charge in [0.15, 0.2) is 6.04 Å². The molecule has 0 fully saturated rings. The lowest BCUT2D eigenvalue weighted by molar-refractivity contribution is -0.147. The highest BCUT2D eigenvalue weighted by Gasteiger charge is 2.28. The summed E-state index contributed by atoms with van der Waals surface area (Å²) in [6.45, 7) is 2.57. The molecule has 12 heteroatoms. The van der Waals surface area contributed by atoms with Gasteiger partial charge in [0.05, 0.1) is 13.2 Å². The number of aliphatic hydroxyl groups excluding tert-OH is 1. The highest BCUT2D eigenvalue weighted by molar-refractivity contribution is 7.47. The Morgan fingerprint density at radius 1 is 0.534 bits per heavy atom. The molecule has 0 aromatic carbocycles. The van der Waals surface area contributed by atoms with E-state index >= 15 is 0 Å². The molecule has 0 heterocycles. The number of esters is 1. The van der Waals surface area contributed by atoms with Crippen molar-refractivity contribution in [3.05, 3.63) is 12.2 Å². The number of aliphatic carboxylic acids is 1. The minimum absolute atomic E-state index is 0.137. The Balaban J connectivity index is 3.75. The van der Waals surface area contributed by atoms with Crippen LogP contribution in [0.5, 0.6) is 0 Å². The van der Waals surface area contributed by atoms with E-state index < -0.39 is 57.6 Å². The SMILES string of the molecule is CCCC/C=C\CCCCCCCC(=O)NC(COP(=O)(O)OCC(O)COC(=O)CCCCCCCCCCCCCCCCCCCCCCCCC)C(=O)O. The molecular weight excluding hydrogens is 757 g/mol. The van der Waals surface area contributed by atoms with Gasteiger partial charge >= 0.3 is 19.8 Å². The van der Waals surface area contributed by atoms with Crippen LogP contribution in [-0.2, 0) is 32.7 Å². The number of hydrogen-bond acceptors (Lipinski definition) is 8. The number of carbonyl (C=O) groups excluding carboxylic acids is 2. The van der Waals surface area contributed by atoms with E-state index in [0.29, 0.717) is 12.8 Å². The van der Waals surface area contributed by atoms with Gasteiger partial charge in [0.1, 0.15) is 12.7 Å². The monoisotopic (exact) mass is 846 g/mol. The number of nitrogens with one attached hydrogen (secondary N) is 1. The molecule has 3 unspecified atom stereocenters. The molecule has 0 saturated heterocycles. The van der Waals surface area contributed by atoms with Crippen molar-refractivity contribution in [1.29, 1.82) is 0 Å². The van der Waals surface area contributed by atoms with Crippen LogP contribution in [0.15, 0.2) is 12.2 Å². The van der Waals surface area contributed by atoms with Gasteiger partial charge in [0, 0.05) is 12.8 Å². The van der Waals surface area contributed by atoms with Crippen LogP contribution in [0.3, 0.4) is 0 Å². The zero-order valence-electron chi connectivity index (χ0n) is 37.1. The van der Waals surface area contributed by atoms with Gasteiger partial charge in [0.2, 0.25) is 5.91 Å². The van der Waals surface area contributed by atoms with Gasteiger partial charge in [-0.1, -0.05) is 199 Å². The van der Waals surface area contributed by atoms with Crippen molar-refractivity contribution in [3.8, 4) is 0 Å². The van der Waals surface area contributed by atoms with Crippen LogP contribution in [0.25, 0.3) is 0 Å². The zero-order valence-corrected chi connectivity index (χ0v) is 38.0. The first kappa shape index (κ1) is 56.2. The highest BCUT2D eigenvalue weighted by atomic mass is 31.2. The third-order valence-corrected chi connectivity index (χ3v) is 11.5. The maximum Gasteiger partial charge on any atom is 0.472 e. The minimum atomic E-state index is -4.75. The molecule has 0 aliphatic heterocycles. The molecule has 0 aromatic heterocycles. The number of carbonyl (C=O) groups is 3. The maximum absolute atomic E-state index is 12.3. The van der Waals surface area contributed by atoms with E-state index in [1.165, 1.54) is 135 Å². The molecule has 58 heavy (non-hydrogen) atoms. The predicted octanol–water partition coefficient (Wildman–Crippen LogP) is 12.5. The third kappa shape index (κ3) is 41.0. The van der Waals surface area contributed by atoms with Crippen LogP contribution in [0, 0.1) is 0 Å². The number of ether oxygens (including phenoxy) is 1. The van der Waals surface area contributed by atoms with Crippen molar-refractivity contribution in [2.24, 2.45) is 0 Å². The molecule has 1 amide bonds. The second-order valence-electron chi connectivity index (χ2n) is 16.3. The van der Waals surface area contributed by atoms with Crippen LogP contribution in [-0.4, -0.2) is 64.9 Å². The molecule has 4 N–H and O–H groups in total. The summed E-state index contributed by atoms with van der Waals surface area (Å²) in [5.41, 5.74) is 0. The largest absolute Gasteiger partial charge is 0.480 e. The molecule has 0 bridgehead atoms. The van der Waals surface area contributed by atoms with Crippen molar-refractivity contribution in [2.75, 3.05) is 19.8 Å². The number of unbranched alkanes of at least 4 members (excludes halogenated alkanes) is 29. The van der Waals surface area contributed by atoms with Crippen LogP contribution in [0.4, 0.5) is 0 Å². The summed E-state index contributed by atoms with van der Waals surface area (Å²) < 4.78 is 26.8. The van der Waals surface area contributed by atoms with E-state index in [1.54, 1.807) is 0 Å². The zero-order chi connectivity index (χ0) is 42.8. The third-order valence-electron chi connectivity index (χ3n) is 10.6. The molecule has 0 radical (unpaired) electrons. The number of aliphatic hydroxyl groups is 1. The Labute approximate surface area is 354 Å². The summed E-state index contributed by atoms with van der Waals surface area (Å²) in [6, 6.07) is -1.55. The maximum atomic E-state index is 12.3. The summed E-state index contributed by atoms with van der Waals surface area (Å²) in [5, 5.41) is 21.8. The highest BCUT2D eigenvalue weighted by Crippen LogP contribution is 2.43. The first-order valence-electron chi connectivity index (χ1n) is 23.7. The fraction of sp³-hybridized carbons (Fsp3) is 0.891. The second kappa shape index (κ2) is 41.9. The molecule has 0 aromatic rings. The van der Waals surface area contributed by atoms with Gasteiger partial charge < -0.3 is 25.2 Å². The summed E-state index contributed by atoms with van der Waals surface area (Å²) in [6.07, 6.45) is 42.6. The summed E-state index contributed by atoms with van der Waals surface area (Å²) in [4.78, 5) is 45.9. The second-order valence-corrected chi connectivity index (χ2v) is 17.8. The van der Waals surface area contributed by atoms with Crippen LogP contribution < -0.4 is 5.32 Å². The van der Waals surface area contributed by atoms with Crippen LogP contribution in [0.1, 0.15) is 232 Å². The fourth-order valence-electron chi connectivity index (χ4n) is 6.83. The Bertz CT molecular complexity index is 1040. The number of hydrogen-bond donors (Lipinski definition) is 4. The van der Waals surface area contributed by atoms with Gasteiger partial charge in [0.25, 0.3) is 0 Å². The topological polar surface area (TPSA) is 169 Å². The Hall–Kier alpha value is -1.78. The molecule has 0 saturated carbocycles. The summed E-state index contributed by atoms with van der Waals surface area (Å²) in [7, 11) is -4.75. The van der Waals surface area contributed by atoms with Crippen molar-refractivity contribution < 1.29 is 47.8 Å². The van der Waals surface area contributed by atoms with Gasteiger partial charge in [-0.2, -0.15) is 0 Å². The fourth-order valence-corrected chi connectivity index (χ4v) is 7.60. The molecular formula is C46H88NO10P. The van der Waals surface area contributed by atoms with Crippen molar-refractivity contribution >= 4 is 25.7 Å². The molecule has 3 atom stereocenters. The number of carboxylic acid groups (broad SMARTS) is 1. The summed E-state index contributed by atoms with van der Waals surface area (Å²) in [5.74, 6) is -2.37. The molecule has 342 valence electrons. The first-order chi connectivity index (χ1) is 28.1. The average Bonchev–Trinajstić information content (AvgIpc) is 3.20. The Morgan fingerprint density at radius 2 is 0.914 bits per heavy atom. The van der Waals surface area contributed by atoms with E-state index in [1.807, 2.05) is 0 Å². The van der Waals surface area contributed by atoms with E-state index in [-0.39, 0.29) is 12.8 Å². The van der Waals surface area contributed by atoms with E-state index in [4.69, 9.17) is 13.8 Å². The van der Waals surface area contributed by atoms with E-state index in [9.17, 15) is 34.1 Å². The number of allylic oxidation sites excluding steroid dienone is 2. The first-order valence-corrected chi connectivity index (χ1v) is 25.2. The number of amides is 1. The molecule has 0 spiro atoms. The lowest BCUT2D eigenvalue weighted by Crippen LogP contribution is -2.43. The minimum Gasteiger partial charge on any atom is -0.480 e. The Kier molecular flexibility index (Phi) is 40.6. The van der Waals surface area contributed by atoms with E-state index in [0.717, 1.165) is 57.8 Å². The standard InChI is InChI=1S/C46H88NO10P/c1-3-5-7-9-11-13-15-16-17-18-19-20-21-22-23-24-25-26-28-30-32-34-36-38-45(50)55-39-42(48)40-56-58(53,54)57-41-43(46(51)52)47-44(49)37-35-33-31-29-27-14-12-10-8-6-4-2/h10,12,42-43,48H,3-9,11,13-41H2,1-2H3,(H,47,49)(H,51,52)(H,53,54)/b12-10-. The smallest absolute Gasteiger partial charge is 0.472 e. The molecule has 11 nitrogen and oxygen atoms in total. The molecule has 0 rings (SSSR count).